The minimum absolute atomic E-state index is 0.0217. The van der Waals surface area contributed by atoms with Crippen LogP contribution in [0.25, 0.3) is 0 Å². The van der Waals surface area contributed by atoms with Crippen LogP contribution in [0.5, 0.6) is 0 Å². The summed E-state index contributed by atoms with van der Waals surface area (Å²) in [6, 6.07) is 6.39. The highest BCUT2D eigenvalue weighted by atomic mass is 79.9. The zero-order valence-corrected chi connectivity index (χ0v) is 13.4. The van der Waals surface area contributed by atoms with Crippen molar-refractivity contribution in [3.05, 3.63) is 29.3 Å². The molecule has 1 N–H and O–H groups in total. The van der Waals surface area contributed by atoms with Gasteiger partial charge in [0.15, 0.2) is 0 Å². The highest BCUT2D eigenvalue weighted by Gasteiger charge is 2.23. The molecule has 0 spiro atoms. The molecular weight excluding hydrogens is 316 g/mol. The summed E-state index contributed by atoms with van der Waals surface area (Å²) < 4.78 is 0. The second-order valence-electron chi connectivity index (χ2n) is 6.06. The van der Waals surface area contributed by atoms with Gasteiger partial charge in [0, 0.05) is 24.1 Å². The van der Waals surface area contributed by atoms with E-state index in [0.717, 1.165) is 11.6 Å². The molecule has 1 atom stereocenters. The van der Waals surface area contributed by atoms with Gasteiger partial charge in [0.1, 0.15) is 0 Å². The Hall–Kier alpha value is -1.03. The van der Waals surface area contributed by atoms with Gasteiger partial charge in [-0.15, -0.1) is 0 Å². The molecule has 4 heteroatoms. The van der Waals surface area contributed by atoms with Crippen molar-refractivity contribution in [2.75, 3.05) is 12.4 Å². The zero-order chi connectivity index (χ0) is 14.1. The number of hydrogen-bond donors (Lipinski definition) is 1. The van der Waals surface area contributed by atoms with Crippen LogP contribution in [0, 0.1) is 5.92 Å². The number of urea groups is 1. The Morgan fingerprint density at radius 3 is 2.90 bits per heavy atom. The average Bonchev–Trinajstić information content (AvgIpc) is 2.92. The van der Waals surface area contributed by atoms with Crippen LogP contribution in [-0.4, -0.2) is 18.0 Å². The van der Waals surface area contributed by atoms with Crippen LogP contribution in [0.15, 0.2) is 18.2 Å². The van der Waals surface area contributed by atoms with E-state index in [1.165, 1.54) is 43.2 Å². The number of nitrogens with one attached hydrogen (secondary N) is 1. The summed E-state index contributed by atoms with van der Waals surface area (Å²) in [6.45, 7) is 0.693. The first kappa shape index (κ1) is 13.9. The number of carbonyl (C=O) groups excluding carboxylic acids is 1. The van der Waals surface area contributed by atoms with Crippen molar-refractivity contribution >= 4 is 27.6 Å². The first-order valence-electron chi connectivity index (χ1n) is 7.42. The van der Waals surface area contributed by atoms with Crippen molar-refractivity contribution in [1.29, 1.82) is 0 Å². The molecule has 108 valence electrons. The minimum Gasteiger partial charge on any atom is -0.323 e. The average molecular weight is 337 g/mol. The largest absolute Gasteiger partial charge is 0.323 e. The van der Waals surface area contributed by atoms with E-state index in [4.69, 9.17) is 0 Å². The van der Waals surface area contributed by atoms with Crippen LogP contribution < -0.4 is 5.32 Å². The highest BCUT2D eigenvalue weighted by Crippen LogP contribution is 2.38. The number of benzene rings is 1. The van der Waals surface area contributed by atoms with Crippen molar-refractivity contribution in [1.82, 2.24) is 4.90 Å². The number of carbonyl (C=O) groups is 1. The summed E-state index contributed by atoms with van der Waals surface area (Å²) in [4.78, 5) is 13.8. The standard InChI is InChI=1S/C16H21BrN2O/c1-19-10-13-9-12(6-7-15(13)18-16(19)20)14(17)8-11-4-2-3-5-11/h6-7,9,11,14H,2-5,8,10H2,1H3,(H,18,20). The van der Waals surface area contributed by atoms with Gasteiger partial charge in [0.2, 0.25) is 0 Å². The molecule has 0 saturated heterocycles. The van der Waals surface area contributed by atoms with Crippen LogP contribution >= 0.6 is 15.9 Å². The molecule has 1 fully saturated rings. The number of anilines is 1. The van der Waals surface area contributed by atoms with E-state index in [0.29, 0.717) is 11.4 Å². The fourth-order valence-corrected chi connectivity index (χ4v) is 4.09. The van der Waals surface area contributed by atoms with Gasteiger partial charge >= 0.3 is 6.03 Å². The SMILES string of the molecule is CN1Cc2cc(C(Br)CC3CCCC3)ccc2NC1=O. The topological polar surface area (TPSA) is 32.3 Å². The lowest BCUT2D eigenvalue weighted by Gasteiger charge is -2.27. The summed E-state index contributed by atoms with van der Waals surface area (Å²) >= 11 is 3.85. The molecule has 20 heavy (non-hydrogen) atoms. The zero-order valence-electron chi connectivity index (χ0n) is 11.9. The molecule has 0 bridgehead atoms. The molecular formula is C16H21BrN2O. The van der Waals surface area contributed by atoms with Crippen molar-refractivity contribution in [3.8, 4) is 0 Å². The van der Waals surface area contributed by atoms with Gasteiger partial charge in [-0.3, -0.25) is 0 Å². The molecule has 3 rings (SSSR count). The van der Waals surface area contributed by atoms with Crippen LogP contribution in [0.4, 0.5) is 10.5 Å². The van der Waals surface area contributed by atoms with E-state index in [2.05, 4.69) is 33.4 Å². The monoisotopic (exact) mass is 336 g/mol. The first-order chi connectivity index (χ1) is 9.63. The molecule has 1 unspecified atom stereocenters. The highest BCUT2D eigenvalue weighted by molar-refractivity contribution is 9.09. The first-order valence-corrected chi connectivity index (χ1v) is 8.34. The molecule has 3 nitrogen and oxygen atoms in total. The number of nitrogens with zero attached hydrogens (tertiary/aromatic N) is 1. The molecule has 0 aromatic heterocycles. The normalized spacial score (nSPS) is 20.7. The molecule has 1 aliphatic heterocycles. The summed E-state index contributed by atoms with van der Waals surface area (Å²) in [5, 5.41) is 2.92. The summed E-state index contributed by atoms with van der Waals surface area (Å²) in [5.74, 6) is 0.873. The van der Waals surface area contributed by atoms with E-state index in [1.807, 2.05) is 13.1 Å². The number of hydrogen-bond acceptors (Lipinski definition) is 1. The van der Waals surface area contributed by atoms with Crippen molar-refractivity contribution < 1.29 is 4.79 Å². The fourth-order valence-electron chi connectivity index (χ4n) is 3.27. The summed E-state index contributed by atoms with van der Waals surface area (Å²) in [6.07, 6.45) is 6.77. The number of amides is 2. The summed E-state index contributed by atoms with van der Waals surface area (Å²) in [5.41, 5.74) is 3.50. The van der Waals surface area contributed by atoms with Crippen LogP contribution in [0.2, 0.25) is 0 Å². The predicted octanol–water partition coefficient (Wildman–Crippen LogP) is 4.68. The van der Waals surface area contributed by atoms with Gasteiger partial charge in [-0.1, -0.05) is 53.7 Å². The third-order valence-corrected chi connectivity index (χ3v) is 5.40. The lowest BCUT2D eigenvalue weighted by molar-refractivity contribution is 0.218. The molecule has 2 aliphatic rings. The third kappa shape index (κ3) is 2.85. The van der Waals surface area contributed by atoms with Crippen molar-refractivity contribution in [2.45, 2.75) is 43.5 Å². The van der Waals surface area contributed by atoms with Crippen LogP contribution in [0.3, 0.4) is 0 Å². The Balaban J connectivity index is 1.74. The lowest BCUT2D eigenvalue weighted by atomic mass is 9.96. The van der Waals surface area contributed by atoms with Gasteiger partial charge in [-0.05, 0) is 29.5 Å². The van der Waals surface area contributed by atoms with Gasteiger partial charge in [-0.25, -0.2) is 4.79 Å². The predicted molar refractivity (Wildman–Crippen MR) is 85.2 cm³/mol. The number of alkyl halides is 1. The molecule has 1 aromatic carbocycles. The van der Waals surface area contributed by atoms with E-state index >= 15 is 0 Å². The minimum atomic E-state index is -0.0217. The Morgan fingerprint density at radius 2 is 2.15 bits per heavy atom. The van der Waals surface area contributed by atoms with E-state index in [9.17, 15) is 4.79 Å². The second-order valence-corrected chi connectivity index (χ2v) is 7.16. The van der Waals surface area contributed by atoms with Crippen molar-refractivity contribution in [3.63, 3.8) is 0 Å². The molecule has 1 saturated carbocycles. The molecule has 0 radical (unpaired) electrons. The van der Waals surface area contributed by atoms with Gasteiger partial charge in [0.25, 0.3) is 0 Å². The Labute approximate surface area is 128 Å². The van der Waals surface area contributed by atoms with Crippen LogP contribution in [0.1, 0.15) is 48.1 Å². The van der Waals surface area contributed by atoms with E-state index in [-0.39, 0.29) is 6.03 Å². The number of fused-ring (bicyclic) bond motifs is 1. The lowest BCUT2D eigenvalue weighted by Crippen LogP contribution is -2.35. The summed E-state index contributed by atoms with van der Waals surface area (Å²) in [7, 11) is 1.83. The maximum absolute atomic E-state index is 11.6. The quantitative estimate of drug-likeness (QED) is 0.798. The molecule has 1 heterocycles. The van der Waals surface area contributed by atoms with E-state index in [1.54, 1.807) is 4.90 Å². The third-order valence-electron chi connectivity index (χ3n) is 4.50. The van der Waals surface area contributed by atoms with Crippen molar-refractivity contribution in [2.24, 2.45) is 5.92 Å². The maximum Gasteiger partial charge on any atom is 0.321 e. The smallest absolute Gasteiger partial charge is 0.321 e. The number of rotatable bonds is 3. The molecule has 1 aromatic rings. The van der Waals surface area contributed by atoms with Gasteiger partial charge < -0.3 is 10.2 Å². The Morgan fingerprint density at radius 1 is 1.40 bits per heavy atom. The Bertz CT molecular complexity index is 511. The fraction of sp³-hybridized carbons (Fsp3) is 0.562. The van der Waals surface area contributed by atoms with Crippen LogP contribution in [-0.2, 0) is 6.54 Å². The Kier molecular flexibility index (Phi) is 4.01. The second kappa shape index (κ2) is 5.76. The van der Waals surface area contributed by atoms with Gasteiger partial charge in [-0.2, -0.15) is 0 Å². The maximum atomic E-state index is 11.6. The number of halogens is 1. The van der Waals surface area contributed by atoms with Gasteiger partial charge in [0.05, 0.1) is 0 Å². The van der Waals surface area contributed by atoms with E-state index < -0.39 is 0 Å². The molecule has 2 amide bonds. The molecule has 1 aliphatic carbocycles.